The van der Waals surface area contributed by atoms with Gasteiger partial charge in [-0.25, -0.2) is 5.10 Å². The van der Waals surface area contributed by atoms with Crippen LogP contribution in [0.25, 0.3) is 0 Å². The molecule has 0 aliphatic carbocycles. The lowest BCUT2D eigenvalue weighted by molar-refractivity contribution is 0.0963. The summed E-state index contributed by atoms with van der Waals surface area (Å²) in [7, 11) is 1.65. The average molecular weight is 512 g/mol. The van der Waals surface area contributed by atoms with E-state index in [2.05, 4.69) is 82.6 Å². The molecule has 174 valence electrons. The second kappa shape index (κ2) is 10.8. The topological polar surface area (TPSA) is 103 Å². The lowest BCUT2D eigenvalue weighted by atomic mass is 10.0. The number of nitrogens with two attached hydrogens (primary N) is 1. The van der Waals surface area contributed by atoms with E-state index >= 15 is 0 Å². The van der Waals surface area contributed by atoms with Crippen molar-refractivity contribution in [3.8, 4) is 0 Å². The van der Waals surface area contributed by atoms with E-state index in [-0.39, 0.29) is 5.91 Å². The summed E-state index contributed by atoms with van der Waals surface area (Å²) < 4.78 is 1.10. The Hall–Kier alpha value is -2.91. The first-order valence-electron chi connectivity index (χ1n) is 11.2. The predicted octanol–water partition coefficient (Wildman–Crippen LogP) is 3.22. The zero-order valence-corrected chi connectivity index (χ0v) is 20.4. The number of nitrogen functional groups attached to an aromatic ring is 1. The van der Waals surface area contributed by atoms with Crippen molar-refractivity contribution < 1.29 is 4.79 Å². The Bertz CT molecular complexity index is 1040. The van der Waals surface area contributed by atoms with Crippen molar-refractivity contribution in [3.05, 3.63) is 69.7 Å². The summed E-state index contributed by atoms with van der Waals surface area (Å²) >= 11 is 3.52. The van der Waals surface area contributed by atoms with Crippen LogP contribution in [0.15, 0.2) is 53.0 Å². The molecule has 0 unspecified atom stereocenters. The summed E-state index contributed by atoms with van der Waals surface area (Å²) in [5.41, 5.74) is 8.92. The second-order valence-corrected chi connectivity index (χ2v) is 9.28. The van der Waals surface area contributed by atoms with E-state index in [9.17, 15) is 4.79 Å². The quantitative estimate of drug-likeness (QED) is 0.429. The van der Waals surface area contributed by atoms with Crippen LogP contribution < -0.4 is 16.0 Å². The van der Waals surface area contributed by atoms with Crippen molar-refractivity contribution in [2.24, 2.45) is 0 Å². The number of aromatic nitrogens is 3. The third-order valence-electron chi connectivity index (χ3n) is 6.18. The van der Waals surface area contributed by atoms with Gasteiger partial charge in [0.15, 0.2) is 0 Å². The molecule has 8 nitrogen and oxygen atoms in total. The zero-order valence-electron chi connectivity index (χ0n) is 18.8. The van der Waals surface area contributed by atoms with Gasteiger partial charge in [-0.1, -0.05) is 40.2 Å². The molecule has 1 aromatic heterocycles. The van der Waals surface area contributed by atoms with Crippen molar-refractivity contribution in [3.63, 3.8) is 0 Å². The number of amides is 1. The molecule has 9 heteroatoms. The van der Waals surface area contributed by atoms with Gasteiger partial charge < -0.3 is 16.0 Å². The molecule has 4 N–H and O–H groups in total. The number of H-pyrrole nitrogens is 1. The number of rotatable bonds is 8. The van der Waals surface area contributed by atoms with E-state index < -0.39 is 0 Å². The molecule has 0 spiro atoms. The number of benzene rings is 2. The Kier molecular flexibility index (Phi) is 7.61. The Morgan fingerprint density at radius 1 is 1.15 bits per heavy atom. The van der Waals surface area contributed by atoms with Crippen LogP contribution in [0.1, 0.15) is 34.3 Å². The van der Waals surface area contributed by atoms with Crippen molar-refractivity contribution in [2.45, 2.75) is 31.8 Å². The fourth-order valence-electron chi connectivity index (χ4n) is 4.29. The van der Waals surface area contributed by atoms with Gasteiger partial charge in [-0.2, -0.15) is 4.98 Å². The summed E-state index contributed by atoms with van der Waals surface area (Å²) in [4.78, 5) is 20.9. The van der Waals surface area contributed by atoms with Gasteiger partial charge in [0.05, 0.1) is 0 Å². The molecule has 0 atom stereocenters. The van der Waals surface area contributed by atoms with Gasteiger partial charge in [-0.3, -0.25) is 9.69 Å². The van der Waals surface area contributed by atoms with Crippen LogP contribution in [0.2, 0.25) is 0 Å². The van der Waals surface area contributed by atoms with Crippen molar-refractivity contribution in [1.29, 1.82) is 0 Å². The number of nitrogens with one attached hydrogen (secondary N) is 2. The first-order chi connectivity index (χ1) is 16.0. The summed E-state index contributed by atoms with van der Waals surface area (Å²) in [5.74, 6) is 0.967. The molecule has 1 aliphatic heterocycles. The van der Waals surface area contributed by atoms with Gasteiger partial charge in [0.1, 0.15) is 0 Å². The highest BCUT2D eigenvalue weighted by molar-refractivity contribution is 9.10. The zero-order chi connectivity index (χ0) is 23.2. The van der Waals surface area contributed by atoms with E-state index in [0.29, 0.717) is 23.5 Å². The van der Waals surface area contributed by atoms with E-state index in [1.807, 2.05) is 12.1 Å². The minimum Gasteiger partial charge on any atom is -0.368 e. The van der Waals surface area contributed by atoms with E-state index in [1.165, 1.54) is 11.1 Å². The SMILES string of the molecule is CNC(=O)c1ccc(CN(CCc2ccc(Br)cc2)C2CCN(c3n[nH]c(N)n3)CC2)cc1. The Balaban J connectivity index is 1.43. The smallest absolute Gasteiger partial charge is 0.251 e. The molecule has 0 saturated carbocycles. The lowest BCUT2D eigenvalue weighted by Gasteiger charge is -2.38. The minimum atomic E-state index is -0.0615. The first kappa shape index (κ1) is 23.3. The van der Waals surface area contributed by atoms with Crippen molar-refractivity contribution >= 4 is 33.7 Å². The highest BCUT2D eigenvalue weighted by Gasteiger charge is 2.26. The largest absolute Gasteiger partial charge is 0.368 e. The standard InChI is InChI=1S/C24H30BrN7O/c1-27-22(33)19-6-2-18(3-7-19)16-32(13-10-17-4-8-20(25)9-5-17)21-11-14-31(15-12-21)24-28-23(26)29-30-24/h2-9,21H,10-16H2,1H3,(H,27,33)(H3,26,28,29,30). The summed E-state index contributed by atoms with van der Waals surface area (Å²) in [6.07, 6.45) is 3.05. The number of carbonyl (C=O) groups excluding carboxylic acids is 1. The maximum atomic E-state index is 11.9. The number of carbonyl (C=O) groups is 1. The molecule has 2 aromatic carbocycles. The normalized spacial score (nSPS) is 14.6. The molecule has 3 aromatic rings. The summed E-state index contributed by atoms with van der Waals surface area (Å²) in [6.45, 7) is 3.61. The van der Waals surface area contributed by atoms with Crippen LogP contribution in [0.4, 0.5) is 11.9 Å². The van der Waals surface area contributed by atoms with Crippen LogP contribution in [0.3, 0.4) is 0 Å². The van der Waals surface area contributed by atoms with Crippen LogP contribution in [0.5, 0.6) is 0 Å². The fourth-order valence-corrected chi connectivity index (χ4v) is 4.56. The molecule has 33 heavy (non-hydrogen) atoms. The number of anilines is 2. The van der Waals surface area contributed by atoms with Crippen molar-refractivity contribution in [1.82, 2.24) is 25.4 Å². The molecule has 0 bridgehead atoms. The Labute approximate surface area is 202 Å². The number of piperidine rings is 1. The molecule has 1 aliphatic rings. The summed E-state index contributed by atoms with van der Waals surface area (Å²) in [6, 6.07) is 16.9. The minimum absolute atomic E-state index is 0.0615. The molecule has 1 fully saturated rings. The van der Waals surface area contributed by atoms with Gasteiger partial charge in [0, 0.05) is 49.3 Å². The number of aromatic amines is 1. The fraction of sp³-hybridized carbons (Fsp3) is 0.375. The van der Waals surface area contributed by atoms with Gasteiger partial charge in [0.25, 0.3) is 5.91 Å². The number of nitrogens with zero attached hydrogens (tertiary/aromatic N) is 4. The van der Waals surface area contributed by atoms with E-state index in [1.54, 1.807) is 7.05 Å². The molecule has 0 radical (unpaired) electrons. The average Bonchev–Trinajstić information content (AvgIpc) is 3.29. The number of hydrogen-bond donors (Lipinski definition) is 3. The molecule has 2 heterocycles. The van der Waals surface area contributed by atoms with Crippen molar-refractivity contribution in [2.75, 3.05) is 37.3 Å². The van der Waals surface area contributed by atoms with Gasteiger partial charge >= 0.3 is 0 Å². The molecule has 1 amide bonds. The second-order valence-electron chi connectivity index (χ2n) is 8.36. The Morgan fingerprint density at radius 2 is 1.82 bits per heavy atom. The van der Waals surface area contributed by atoms with Gasteiger partial charge in [-0.05, 0) is 54.7 Å². The van der Waals surface area contributed by atoms with E-state index in [0.717, 1.165) is 49.9 Å². The van der Waals surface area contributed by atoms with Crippen LogP contribution >= 0.6 is 15.9 Å². The van der Waals surface area contributed by atoms with Crippen LogP contribution in [0, 0.1) is 0 Å². The number of halogens is 1. The maximum Gasteiger partial charge on any atom is 0.251 e. The third kappa shape index (κ3) is 6.11. The highest BCUT2D eigenvalue weighted by atomic mass is 79.9. The Morgan fingerprint density at radius 3 is 2.42 bits per heavy atom. The first-order valence-corrected chi connectivity index (χ1v) is 12.0. The summed E-state index contributed by atoms with van der Waals surface area (Å²) in [5, 5.41) is 9.61. The molecule has 4 rings (SSSR count). The lowest BCUT2D eigenvalue weighted by Crippen LogP contribution is -2.45. The maximum absolute atomic E-state index is 11.9. The molecular formula is C24H30BrN7O. The number of hydrogen-bond acceptors (Lipinski definition) is 6. The third-order valence-corrected chi connectivity index (χ3v) is 6.71. The van der Waals surface area contributed by atoms with Gasteiger partial charge in [-0.15, -0.1) is 5.10 Å². The van der Waals surface area contributed by atoms with E-state index in [4.69, 9.17) is 5.73 Å². The van der Waals surface area contributed by atoms with Gasteiger partial charge in [0.2, 0.25) is 11.9 Å². The highest BCUT2D eigenvalue weighted by Crippen LogP contribution is 2.23. The molecular weight excluding hydrogens is 482 g/mol. The molecule has 1 saturated heterocycles. The van der Waals surface area contributed by atoms with Crippen LogP contribution in [-0.4, -0.2) is 58.7 Å². The predicted molar refractivity (Wildman–Crippen MR) is 134 cm³/mol. The van der Waals surface area contributed by atoms with Crippen LogP contribution in [-0.2, 0) is 13.0 Å². The monoisotopic (exact) mass is 511 g/mol.